The molecule has 1 aliphatic rings. The molecule has 3 nitrogen and oxygen atoms in total. The van der Waals surface area contributed by atoms with E-state index < -0.39 is 34.9 Å². The summed E-state index contributed by atoms with van der Waals surface area (Å²) in [5, 5.41) is 0. The number of alkyl halides is 2. The van der Waals surface area contributed by atoms with Crippen molar-refractivity contribution < 1.29 is 26.7 Å². The lowest BCUT2D eigenvalue weighted by atomic mass is 9.77. The Morgan fingerprint density at radius 1 is 0.773 bits per heavy atom. The molecule has 1 heterocycles. The highest BCUT2D eigenvalue weighted by Crippen LogP contribution is 2.38. The number of unbranched alkanes of at least 4 members (excludes halogenated alkanes) is 2. The lowest BCUT2D eigenvalue weighted by molar-refractivity contribution is -0.187. The first-order valence-electron chi connectivity index (χ1n) is 15.5. The van der Waals surface area contributed by atoms with Crippen LogP contribution in [0.25, 0.3) is 22.5 Å². The van der Waals surface area contributed by atoms with Gasteiger partial charge in [0.25, 0.3) is 0 Å². The lowest BCUT2D eigenvalue weighted by Crippen LogP contribution is -2.23. The second-order valence-corrected chi connectivity index (χ2v) is 11.7. The summed E-state index contributed by atoms with van der Waals surface area (Å²) < 4.78 is 78.4. The fraction of sp³-hybridized carbons (Fsp3) is 0.389. The zero-order valence-corrected chi connectivity index (χ0v) is 25.1. The van der Waals surface area contributed by atoms with Crippen LogP contribution in [0, 0.1) is 23.4 Å². The highest BCUT2D eigenvalue weighted by molar-refractivity contribution is 5.69. The lowest BCUT2D eigenvalue weighted by Gasteiger charge is -2.28. The number of benzene rings is 3. The number of aryl methyl sites for hydroxylation is 1. The van der Waals surface area contributed by atoms with E-state index in [0.717, 1.165) is 42.5 Å². The van der Waals surface area contributed by atoms with Gasteiger partial charge in [-0.05, 0) is 84.9 Å². The third kappa shape index (κ3) is 7.28. The fourth-order valence-electron chi connectivity index (χ4n) is 6.05. The molecule has 1 aliphatic carbocycles. The molecule has 4 aromatic rings. The van der Waals surface area contributed by atoms with Crippen LogP contribution in [-0.2, 0) is 12.5 Å². The number of hydrogen-bond acceptors (Lipinski definition) is 3. The van der Waals surface area contributed by atoms with Crippen LogP contribution in [0.4, 0.5) is 22.0 Å². The minimum atomic E-state index is -4.08. The first kappa shape index (κ1) is 31.6. The summed E-state index contributed by atoms with van der Waals surface area (Å²) in [6.07, 6.45) is 9.80. The van der Waals surface area contributed by atoms with E-state index in [9.17, 15) is 17.6 Å². The molecule has 5 rings (SSSR count). The first-order valence-corrected chi connectivity index (χ1v) is 15.5. The average molecular weight is 609 g/mol. The predicted octanol–water partition coefficient (Wildman–Crippen LogP) is 10.8. The zero-order chi connectivity index (χ0) is 31.3. The van der Waals surface area contributed by atoms with Crippen molar-refractivity contribution in [3.05, 3.63) is 101 Å². The van der Waals surface area contributed by atoms with Crippen LogP contribution in [0.3, 0.4) is 0 Å². The molecular weight excluding hydrogens is 571 g/mol. The van der Waals surface area contributed by atoms with E-state index in [-0.39, 0.29) is 11.1 Å². The Morgan fingerprint density at radius 2 is 1.48 bits per heavy atom. The fourth-order valence-corrected chi connectivity index (χ4v) is 6.05. The number of rotatable bonds is 11. The molecule has 0 radical (unpaired) electrons. The number of nitrogens with zero attached hydrogens (tertiary/aromatic N) is 2. The highest BCUT2D eigenvalue weighted by Gasteiger charge is 2.38. The van der Waals surface area contributed by atoms with Gasteiger partial charge in [0.2, 0.25) is 0 Å². The molecule has 0 atom stereocenters. The van der Waals surface area contributed by atoms with E-state index in [0.29, 0.717) is 29.3 Å². The molecule has 0 spiro atoms. The van der Waals surface area contributed by atoms with Crippen molar-refractivity contribution in [3.63, 3.8) is 0 Å². The summed E-state index contributed by atoms with van der Waals surface area (Å²) in [6.45, 7) is 3.96. The topological polar surface area (TPSA) is 35.0 Å². The van der Waals surface area contributed by atoms with Crippen molar-refractivity contribution in [3.8, 4) is 28.3 Å². The van der Waals surface area contributed by atoms with Crippen LogP contribution in [0.15, 0.2) is 67.0 Å². The van der Waals surface area contributed by atoms with Crippen molar-refractivity contribution in [1.82, 2.24) is 9.97 Å². The quantitative estimate of drug-likeness (QED) is 0.126. The van der Waals surface area contributed by atoms with Crippen LogP contribution >= 0.6 is 0 Å². The summed E-state index contributed by atoms with van der Waals surface area (Å²) in [5.41, 5.74) is 0.960. The van der Waals surface area contributed by atoms with E-state index in [1.165, 1.54) is 68.9 Å². The maximum absolute atomic E-state index is 15.2. The largest absolute Gasteiger partial charge is 0.429 e. The molecule has 3 aromatic carbocycles. The molecule has 0 amide bonds. The van der Waals surface area contributed by atoms with E-state index >= 15 is 4.39 Å². The summed E-state index contributed by atoms with van der Waals surface area (Å²) in [7, 11) is 0. The van der Waals surface area contributed by atoms with Gasteiger partial charge >= 0.3 is 6.11 Å². The Hall–Kier alpha value is -3.81. The minimum absolute atomic E-state index is 0.0352. The van der Waals surface area contributed by atoms with Gasteiger partial charge in [-0.2, -0.15) is 8.78 Å². The number of hydrogen-bond donors (Lipinski definition) is 0. The van der Waals surface area contributed by atoms with Crippen LogP contribution in [0.5, 0.6) is 5.75 Å². The van der Waals surface area contributed by atoms with Crippen LogP contribution < -0.4 is 4.74 Å². The van der Waals surface area contributed by atoms with Gasteiger partial charge in [-0.15, -0.1) is 0 Å². The normalized spacial score (nSPS) is 17.1. The highest BCUT2D eigenvalue weighted by atomic mass is 19.3. The van der Waals surface area contributed by atoms with Gasteiger partial charge in [0, 0.05) is 29.6 Å². The molecule has 0 N–H and O–H groups in total. The second-order valence-electron chi connectivity index (χ2n) is 11.7. The summed E-state index contributed by atoms with van der Waals surface area (Å²) in [4.78, 5) is 8.98. The summed E-state index contributed by atoms with van der Waals surface area (Å²) in [5.74, 6) is -1.46. The zero-order valence-electron chi connectivity index (χ0n) is 25.1. The molecular formula is C36H37F5N2O. The molecule has 44 heavy (non-hydrogen) atoms. The van der Waals surface area contributed by atoms with Crippen molar-refractivity contribution in [2.45, 2.75) is 83.7 Å². The van der Waals surface area contributed by atoms with Gasteiger partial charge in [-0.3, -0.25) is 0 Å². The van der Waals surface area contributed by atoms with E-state index in [2.05, 4.69) is 21.6 Å². The maximum Gasteiger partial charge on any atom is 0.429 e. The third-order valence-electron chi connectivity index (χ3n) is 8.68. The van der Waals surface area contributed by atoms with E-state index in [1.807, 2.05) is 12.4 Å². The predicted molar refractivity (Wildman–Crippen MR) is 162 cm³/mol. The Labute approximate surface area is 255 Å². The van der Waals surface area contributed by atoms with Crippen molar-refractivity contribution >= 4 is 0 Å². The van der Waals surface area contributed by atoms with E-state index in [1.54, 1.807) is 13.0 Å². The molecule has 232 valence electrons. The smallest absolute Gasteiger partial charge is 0.429 e. The van der Waals surface area contributed by atoms with Gasteiger partial charge in [-0.25, -0.2) is 23.1 Å². The SMILES string of the molecule is CCCCCC1CCC(c2cnc(-c3ccc(-c4ccc(C(F)(F)Oc5ccc(CC)c(F)c5)c(F)c4)c(F)c3)nc2)CC1. The van der Waals surface area contributed by atoms with Crippen molar-refractivity contribution in [1.29, 1.82) is 0 Å². The second kappa shape index (κ2) is 13.9. The van der Waals surface area contributed by atoms with Gasteiger partial charge in [0.15, 0.2) is 5.82 Å². The molecule has 1 fully saturated rings. The minimum Gasteiger partial charge on any atom is -0.429 e. The molecule has 8 heteroatoms. The van der Waals surface area contributed by atoms with Gasteiger partial charge < -0.3 is 4.74 Å². The van der Waals surface area contributed by atoms with Crippen LogP contribution in [-0.4, -0.2) is 9.97 Å². The number of aromatic nitrogens is 2. The van der Waals surface area contributed by atoms with Gasteiger partial charge in [0.05, 0.1) is 5.56 Å². The first-order chi connectivity index (χ1) is 21.2. The molecule has 1 aromatic heterocycles. The Balaban J connectivity index is 1.25. The maximum atomic E-state index is 15.2. The van der Waals surface area contributed by atoms with Gasteiger partial charge in [-0.1, -0.05) is 63.8 Å². The molecule has 0 saturated heterocycles. The molecule has 0 bridgehead atoms. The van der Waals surface area contributed by atoms with Crippen LogP contribution in [0.2, 0.25) is 0 Å². The monoisotopic (exact) mass is 608 g/mol. The molecule has 0 unspecified atom stereocenters. The van der Waals surface area contributed by atoms with Gasteiger partial charge in [0.1, 0.15) is 23.2 Å². The van der Waals surface area contributed by atoms with Crippen molar-refractivity contribution in [2.24, 2.45) is 5.92 Å². The third-order valence-corrected chi connectivity index (χ3v) is 8.68. The molecule has 0 aliphatic heterocycles. The Kier molecular flexibility index (Phi) is 9.97. The average Bonchev–Trinajstić information content (AvgIpc) is 3.01. The summed E-state index contributed by atoms with van der Waals surface area (Å²) in [6, 6.07) is 10.6. The summed E-state index contributed by atoms with van der Waals surface area (Å²) >= 11 is 0. The standard InChI is InChI=1S/C36H37F5N2O/c1-3-5-6-7-23-8-10-25(11-9-23)28-21-42-35(43-22-28)27-13-16-30(33(38)19-27)26-14-17-31(34(39)18-26)36(40,41)44-29-15-12-24(4-2)32(37)20-29/h12-23,25H,3-11H2,1-2H3. The van der Waals surface area contributed by atoms with E-state index in [4.69, 9.17) is 0 Å². The van der Waals surface area contributed by atoms with Crippen LogP contribution in [0.1, 0.15) is 87.8 Å². The number of halogens is 5. The Morgan fingerprint density at radius 3 is 2.11 bits per heavy atom. The Bertz CT molecular complexity index is 1570. The molecule has 1 saturated carbocycles. The number of ether oxygens (including phenoxy) is 1. The van der Waals surface area contributed by atoms with Crippen molar-refractivity contribution in [2.75, 3.05) is 0 Å².